The van der Waals surface area contributed by atoms with Gasteiger partial charge in [0.05, 0.1) is 5.69 Å². The normalized spacial score (nSPS) is 20.9. The van der Waals surface area contributed by atoms with E-state index in [1.165, 1.54) is 27.2 Å². The first kappa shape index (κ1) is 15.1. The Labute approximate surface area is 125 Å². The van der Waals surface area contributed by atoms with Crippen molar-refractivity contribution >= 4 is 28.2 Å². The predicted octanol–water partition coefficient (Wildman–Crippen LogP) is 3.10. The molecule has 1 N–H and O–H groups in total. The van der Waals surface area contributed by atoms with Crippen molar-refractivity contribution in [2.75, 3.05) is 30.0 Å². The number of nitrogens with one attached hydrogen (secondary N) is 1. The minimum Gasteiger partial charge on any atom is -0.344 e. The predicted molar refractivity (Wildman–Crippen MR) is 87.7 cm³/mol. The Bertz CT molecular complexity index is 423. The molecule has 1 fully saturated rings. The minimum atomic E-state index is 0.120. The Morgan fingerprint density at radius 2 is 2.16 bits per heavy atom. The molecule has 0 aliphatic carbocycles. The number of hydrogen-bond acceptors (Lipinski definition) is 5. The fourth-order valence-corrected chi connectivity index (χ4v) is 4.76. The Morgan fingerprint density at radius 1 is 1.42 bits per heavy atom. The maximum Gasteiger partial charge on any atom is 0.186 e. The summed E-state index contributed by atoms with van der Waals surface area (Å²) in [4.78, 5) is 8.84. The fourth-order valence-electron chi connectivity index (χ4n) is 2.34. The summed E-state index contributed by atoms with van der Waals surface area (Å²) in [5, 5.41) is 4.48. The number of rotatable bonds is 3. The highest BCUT2D eigenvalue weighted by atomic mass is 32.2. The summed E-state index contributed by atoms with van der Waals surface area (Å²) in [6.45, 7) is 11.1. The molecule has 3 nitrogen and oxygen atoms in total. The van der Waals surface area contributed by atoms with Crippen molar-refractivity contribution in [2.24, 2.45) is 0 Å². The van der Waals surface area contributed by atoms with Crippen molar-refractivity contribution in [3.63, 3.8) is 0 Å². The van der Waals surface area contributed by atoms with E-state index in [0.717, 1.165) is 13.1 Å². The molecule has 0 bridgehead atoms. The number of aromatic nitrogens is 1. The average molecular weight is 300 g/mol. The van der Waals surface area contributed by atoms with Crippen molar-refractivity contribution in [3.8, 4) is 0 Å². The van der Waals surface area contributed by atoms with E-state index in [9.17, 15) is 0 Å². The van der Waals surface area contributed by atoms with Gasteiger partial charge in [-0.25, -0.2) is 4.98 Å². The number of thiazole rings is 1. The van der Waals surface area contributed by atoms with Crippen molar-refractivity contribution < 1.29 is 0 Å². The largest absolute Gasteiger partial charge is 0.344 e. The van der Waals surface area contributed by atoms with Gasteiger partial charge < -0.3 is 10.2 Å². The van der Waals surface area contributed by atoms with E-state index < -0.39 is 0 Å². The fraction of sp³-hybridized carbons (Fsp3) is 0.786. The topological polar surface area (TPSA) is 28.2 Å². The number of thioether (sulfide) groups is 1. The molecule has 19 heavy (non-hydrogen) atoms. The maximum absolute atomic E-state index is 4.97. The third kappa shape index (κ3) is 3.44. The first-order valence-corrected chi connectivity index (χ1v) is 8.89. The summed E-state index contributed by atoms with van der Waals surface area (Å²) < 4.78 is 0. The number of anilines is 1. The third-order valence-electron chi connectivity index (χ3n) is 3.35. The van der Waals surface area contributed by atoms with E-state index in [4.69, 9.17) is 4.98 Å². The molecule has 0 saturated carbocycles. The molecule has 1 unspecified atom stereocenters. The van der Waals surface area contributed by atoms with Gasteiger partial charge in [0, 0.05) is 40.9 Å². The second kappa shape index (κ2) is 6.02. The smallest absolute Gasteiger partial charge is 0.186 e. The Hall–Kier alpha value is -0.260. The molecular weight excluding hydrogens is 274 g/mol. The van der Waals surface area contributed by atoms with Crippen LogP contribution < -0.4 is 10.2 Å². The Morgan fingerprint density at radius 3 is 2.74 bits per heavy atom. The van der Waals surface area contributed by atoms with Gasteiger partial charge in [0.15, 0.2) is 5.13 Å². The van der Waals surface area contributed by atoms with Crippen molar-refractivity contribution in [2.45, 2.75) is 45.7 Å². The summed E-state index contributed by atoms with van der Waals surface area (Å²) in [7, 11) is 2.01. The van der Waals surface area contributed by atoms with E-state index >= 15 is 0 Å². The maximum atomic E-state index is 4.97. The van der Waals surface area contributed by atoms with Crippen LogP contribution in [0.3, 0.4) is 0 Å². The lowest BCUT2D eigenvalue weighted by Crippen LogP contribution is -2.40. The molecule has 1 aromatic heterocycles. The summed E-state index contributed by atoms with van der Waals surface area (Å²) in [6.07, 6.45) is 0. The van der Waals surface area contributed by atoms with Crippen LogP contribution in [0.1, 0.15) is 38.3 Å². The van der Waals surface area contributed by atoms with Crippen LogP contribution in [0.4, 0.5) is 5.13 Å². The molecular formula is C14H25N3S2. The third-order valence-corrected chi connectivity index (χ3v) is 5.63. The summed E-state index contributed by atoms with van der Waals surface area (Å²) in [6, 6.07) is 0.597. The first-order chi connectivity index (χ1) is 8.93. The quantitative estimate of drug-likeness (QED) is 0.928. The van der Waals surface area contributed by atoms with E-state index in [1.54, 1.807) is 0 Å². The van der Waals surface area contributed by atoms with Crippen molar-refractivity contribution in [3.05, 3.63) is 10.6 Å². The molecule has 0 spiro atoms. The van der Waals surface area contributed by atoms with Gasteiger partial charge in [-0.15, -0.1) is 11.3 Å². The minimum absolute atomic E-state index is 0.120. The van der Waals surface area contributed by atoms with E-state index in [2.05, 4.69) is 49.7 Å². The van der Waals surface area contributed by atoms with Crippen molar-refractivity contribution in [1.29, 1.82) is 0 Å². The second-order valence-electron chi connectivity index (χ2n) is 6.17. The van der Waals surface area contributed by atoms with Crippen LogP contribution in [-0.2, 0) is 12.0 Å². The van der Waals surface area contributed by atoms with Crippen LogP contribution in [0.25, 0.3) is 0 Å². The summed E-state index contributed by atoms with van der Waals surface area (Å²) in [5.74, 6) is 2.43. The zero-order chi connectivity index (χ0) is 14.0. The molecule has 1 atom stereocenters. The number of nitrogens with zero attached hydrogens (tertiary/aromatic N) is 2. The molecule has 0 amide bonds. The summed E-state index contributed by atoms with van der Waals surface area (Å²) >= 11 is 3.92. The lowest BCUT2D eigenvalue weighted by Gasteiger charge is -2.32. The molecule has 0 radical (unpaired) electrons. The van der Waals surface area contributed by atoms with Crippen molar-refractivity contribution in [1.82, 2.24) is 10.3 Å². The first-order valence-electron chi connectivity index (χ1n) is 6.92. The van der Waals surface area contributed by atoms with Gasteiger partial charge >= 0.3 is 0 Å². The molecule has 1 saturated heterocycles. The van der Waals surface area contributed by atoms with E-state index in [0.29, 0.717) is 6.04 Å². The van der Waals surface area contributed by atoms with Crippen LogP contribution in [0, 0.1) is 0 Å². The number of hydrogen-bond donors (Lipinski definition) is 1. The molecule has 1 aromatic rings. The van der Waals surface area contributed by atoms with Gasteiger partial charge in [-0.2, -0.15) is 11.8 Å². The lowest BCUT2D eigenvalue weighted by atomic mass is 9.91. The molecule has 108 valence electrons. The van der Waals surface area contributed by atoms with Crippen LogP contribution in [0.5, 0.6) is 0 Å². The second-order valence-corrected chi connectivity index (χ2v) is 8.38. The van der Waals surface area contributed by atoms with Crippen LogP contribution >= 0.6 is 23.1 Å². The molecule has 5 heteroatoms. The lowest BCUT2D eigenvalue weighted by molar-refractivity contribution is 0.561. The van der Waals surface area contributed by atoms with E-state index in [1.807, 2.05) is 18.4 Å². The molecule has 0 aromatic carbocycles. The van der Waals surface area contributed by atoms with Gasteiger partial charge in [-0.3, -0.25) is 0 Å². The zero-order valence-corrected chi connectivity index (χ0v) is 14.2. The zero-order valence-electron chi connectivity index (χ0n) is 12.6. The molecule has 1 aliphatic heterocycles. The highest BCUT2D eigenvalue weighted by Gasteiger charge is 2.27. The molecule has 2 rings (SSSR count). The summed E-state index contributed by atoms with van der Waals surface area (Å²) in [5.41, 5.74) is 1.38. The van der Waals surface area contributed by atoms with Gasteiger partial charge in [0.2, 0.25) is 0 Å². The van der Waals surface area contributed by atoms with Gasteiger partial charge in [0.1, 0.15) is 0 Å². The van der Waals surface area contributed by atoms with Gasteiger partial charge in [0.25, 0.3) is 0 Å². The highest BCUT2D eigenvalue weighted by molar-refractivity contribution is 7.99. The van der Waals surface area contributed by atoms with Crippen LogP contribution in [0.2, 0.25) is 0 Å². The van der Waals surface area contributed by atoms with Crippen LogP contribution in [0.15, 0.2) is 0 Å². The van der Waals surface area contributed by atoms with Crippen LogP contribution in [-0.4, -0.2) is 36.1 Å². The molecule has 1 aliphatic rings. The Kier molecular flexibility index (Phi) is 4.79. The molecule has 2 heterocycles. The monoisotopic (exact) mass is 299 g/mol. The van der Waals surface area contributed by atoms with E-state index in [-0.39, 0.29) is 5.41 Å². The Balaban J connectivity index is 2.31. The van der Waals surface area contributed by atoms with Gasteiger partial charge in [-0.05, 0) is 14.0 Å². The highest BCUT2D eigenvalue weighted by Crippen LogP contribution is 2.35. The SMILES string of the molecule is CNCc1sc(N2CCSCC2C)nc1C(C)(C)C. The van der Waals surface area contributed by atoms with Gasteiger partial charge in [-0.1, -0.05) is 20.8 Å². The average Bonchev–Trinajstić information content (AvgIpc) is 2.74. The standard InChI is InChI=1S/C14H25N3S2/c1-10-9-18-7-6-17(10)13-16-12(14(2,3)4)11(19-13)8-15-5/h10,15H,6-9H2,1-5H3.